The van der Waals surface area contributed by atoms with Crippen molar-refractivity contribution in [2.24, 2.45) is 0 Å². The lowest BCUT2D eigenvalue weighted by Gasteiger charge is -2.07. The topological polar surface area (TPSA) is 98.0 Å². The minimum atomic E-state index is -3.47. The van der Waals surface area contributed by atoms with Crippen LogP contribution in [0.4, 0.5) is 5.69 Å². The number of aromatic nitrogens is 2. The molecule has 3 N–H and O–H groups in total. The van der Waals surface area contributed by atoms with Crippen molar-refractivity contribution in [3.8, 4) is 0 Å². The molecule has 0 fully saturated rings. The monoisotopic (exact) mass is 302 g/mol. The number of hydrogen-bond acceptors (Lipinski definition) is 7. The van der Waals surface area contributed by atoms with Crippen molar-refractivity contribution in [2.45, 2.75) is 14.1 Å². The fourth-order valence-electron chi connectivity index (χ4n) is 1.19. The number of sulfonamides is 1. The second kappa shape index (κ2) is 5.22. The number of nitrogens with one attached hydrogen (secondary N) is 1. The maximum atomic E-state index is 11.7. The highest BCUT2D eigenvalue weighted by Gasteiger charge is 2.14. The summed E-state index contributed by atoms with van der Waals surface area (Å²) in [5.41, 5.74) is 7.92. The van der Waals surface area contributed by atoms with Crippen LogP contribution < -0.4 is 10.5 Å². The minimum Gasteiger partial charge on any atom is -0.398 e. The van der Waals surface area contributed by atoms with Crippen LogP contribution in [0.3, 0.4) is 0 Å². The van der Waals surface area contributed by atoms with Crippen LogP contribution in [-0.4, -0.2) is 25.7 Å². The summed E-state index contributed by atoms with van der Waals surface area (Å²) in [5, 5.41) is 7.59. The molecule has 0 amide bonds. The van der Waals surface area contributed by atoms with Crippen LogP contribution in [0.15, 0.2) is 37.8 Å². The van der Waals surface area contributed by atoms with Gasteiger partial charge in [-0.15, -0.1) is 10.2 Å². The number of hydrogen-bond donors (Lipinski definition) is 2. The van der Waals surface area contributed by atoms with Crippen LogP contribution in [0.2, 0.25) is 0 Å². The Morgan fingerprint density at radius 1 is 1.44 bits per heavy atom. The van der Waals surface area contributed by atoms with Crippen LogP contribution in [0, 0.1) is 0 Å². The Bertz CT molecular complexity index is 640. The first-order chi connectivity index (χ1) is 8.53. The Balaban J connectivity index is 2.39. The van der Waals surface area contributed by atoms with E-state index in [-0.39, 0.29) is 4.90 Å². The zero-order chi connectivity index (χ0) is 13.2. The summed E-state index contributed by atoms with van der Waals surface area (Å²) in [7, 11) is -2.10. The summed E-state index contributed by atoms with van der Waals surface area (Å²) < 4.78 is 26.3. The van der Waals surface area contributed by atoms with Crippen LogP contribution >= 0.6 is 23.1 Å². The summed E-state index contributed by atoms with van der Waals surface area (Å²) >= 11 is 2.66. The van der Waals surface area contributed by atoms with Gasteiger partial charge in [-0.3, -0.25) is 0 Å². The minimum absolute atomic E-state index is 0.172. The summed E-state index contributed by atoms with van der Waals surface area (Å²) in [6, 6.07) is 4.55. The predicted octanol–water partition coefficient (Wildman–Crippen LogP) is 1.18. The van der Waals surface area contributed by atoms with Crippen LogP contribution in [-0.2, 0) is 10.0 Å². The largest absolute Gasteiger partial charge is 0.398 e. The molecule has 1 aromatic heterocycles. The van der Waals surface area contributed by atoms with Crippen molar-refractivity contribution in [2.75, 3.05) is 12.8 Å². The highest BCUT2D eigenvalue weighted by Crippen LogP contribution is 2.34. The zero-order valence-electron chi connectivity index (χ0n) is 9.32. The van der Waals surface area contributed by atoms with E-state index < -0.39 is 10.0 Å². The summed E-state index contributed by atoms with van der Waals surface area (Å²) in [6.07, 6.45) is 0. The van der Waals surface area contributed by atoms with Gasteiger partial charge in [0.2, 0.25) is 10.0 Å². The van der Waals surface area contributed by atoms with Crippen LogP contribution in [0.1, 0.15) is 0 Å². The second-order valence-corrected chi connectivity index (χ2v) is 7.22. The number of rotatable bonds is 4. The second-order valence-electron chi connectivity index (χ2n) is 3.21. The highest BCUT2D eigenvalue weighted by molar-refractivity contribution is 8.01. The van der Waals surface area contributed by atoms with Crippen LogP contribution in [0.25, 0.3) is 0 Å². The van der Waals surface area contributed by atoms with Gasteiger partial charge in [0.05, 0.1) is 4.90 Å². The van der Waals surface area contributed by atoms with Gasteiger partial charge in [-0.05, 0) is 25.2 Å². The van der Waals surface area contributed by atoms with Crippen molar-refractivity contribution in [1.82, 2.24) is 14.9 Å². The Morgan fingerprint density at radius 3 is 2.83 bits per heavy atom. The fourth-order valence-corrected chi connectivity index (χ4v) is 3.54. The molecule has 2 aromatic rings. The third-order valence-electron chi connectivity index (χ3n) is 2.10. The van der Waals surface area contributed by atoms with Crippen LogP contribution in [0.5, 0.6) is 0 Å². The van der Waals surface area contributed by atoms with Gasteiger partial charge in [0, 0.05) is 10.6 Å². The molecule has 0 aliphatic carbocycles. The quantitative estimate of drug-likeness (QED) is 0.823. The molecule has 0 saturated carbocycles. The number of anilines is 1. The molecule has 0 unspecified atom stereocenters. The molecule has 1 aromatic carbocycles. The molecular formula is C9H10N4O2S3. The van der Waals surface area contributed by atoms with Gasteiger partial charge in [0.1, 0.15) is 5.51 Å². The Labute approximate surface area is 113 Å². The SMILES string of the molecule is CNS(=O)(=O)c1ccc(N)c(Sc2nncs2)c1. The molecular weight excluding hydrogens is 292 g/mol. The molecule has 0 atom stereocenters. The van der Waals surface area contributed by atoms with Gasteiger partial charge >= 0.3 is 0 Å². The first-order valence-corrected chi connectivity index (χ1v) is 7.98. The highest BCUT2D eigenvalue weighted by atomic mass is 32.2. The normalized spacial score (nSPS) is 11.6. The molecule has 0 radical (unpaired) electrons. The summed E-state index contributed by atoms with van der Waals surface area (Å²) in [6.45, 7) is 0. The van der Waals surface area contributed by atoms with Gasteiger partial charge in [0.15, 0.2) is 4.34 Å². The maximum absolute atomic E-state index is 11.7. The molecule has 1 heterocycles. The Kier molecular flexibility index (Phi) is 3.85. The number of nitrogens with zero attached hydrogens (tertiary/aromatic N) is 2. The summed E-state index contributed by atoms with van der Waals surface area (Å²) in [4.78, 5) is 0.814. The van der Waals surface area contributed by atoms with E-state index in [0.717, 1.165) is 0 Å². The molecule has 18 heavy (non-hydrogen) atoms. The van der Waals surface area contributed by atoms with Gasteiger partial charge in [-0.25, -0.2) is 13.1 Å². The average Bonchev–Trinajstić information content (AvgIpc) is 2.84. The van der Waals surface area contributed by atoms with Crippen molar-refractivity contribution in [1.29, 1.82) is 0 Å². The molecule has 96 valence electrons. The van der Waals surface area contributed by atoms with E-state index in [1.807, 2.05) is 0 Å². The Hall–Kier alpha value is -1.16. The van der Waals surface area contributed by atoms with Gasteiger partial charge in [-0.2, -0.15) is 0 Å². The molecule has 0 aliphatic heterocycles. The summed E-state index contributed by atoms with van der Waals surface area (Å²) in [5.74, 6) is 0. The average molecular weight is 302 g/mol. The smallest absolute Gasteiger partial charge is 0.240 e. The van der Waals surface area contributed by atoms with E-state index in [2.05, 4.69) is 14.9 Å². The molecule has 6 nitrogen and oxygen atoms in total. The van der Waals surface area contributed by atoms with Crippen molar-refractivity contribution < 1.29 is 8.42 Å². The Morgan fingerprint density at radius 2 is 2.22 bits per heavy atom. The number of nitrogens with two attached hydrogens (primary N) is 1. The van der Waals surface area contributed by atoms with Crippen molar-refractivity contribution in [3.63, 3.8) is 0 Å². The lowest BCUT2D eigenvalue weighted by molar-refractivity contribution is 0.588. The van der Waals surface area contributed by atoms with E-state index in [1.54, 1.807) is 11.6 Å². The molecule has 0 spiro atoms. The van der Waals surface area contributed by atoms with E-state index in [4.69, 9.17) is 5.73 Å². The molecule has 0 saturated heterocycles. The third-order valence-corrected chi connectivity index (χ3v) is 5.36. The van der Waals surface area contributed by atoms with Gasteiger partial charge in [-0.1, -0.05) is 23.1 Å². The van der Waals surface area contributed by atoms with Crippen molar-refractivity contribution >= 4 is 38.8 Å². The molecule has 0 bridgehead atoms. The number of benzene rings is 1. The first-order valence-electron chi connectivity index (χ1n) is 4.80. The van der Waals surface area contributed by atoms with E-state index >= 15 is 0 Å². The fraction of sp³-hybridized carbons (Fsp3) is 0.111. The van der Waals surface area contributed by atoms with Gasteiger partial charge in [0.25, 0.3) is 0 Å². The molecule has 2 rings (SSSR count). The van der Waals surface area contributed by atoms with E-state index in [1.165, 1.54) is 42.3 Å². The van der Waals surface area contributed by atoms with Crippen molar-refractivity contribution in [3.05, 3.63) is 23.7 Å². The molecule has 0 aliphatic rings. The first kappa shape index (κ1) is 13.3. The third kappa shape index (κ3) is 2.80. The lowest BCUT2D eigenvalue weighted by Crippen LogP contribution is -2.18. The lowest BCUT2D eigenvalue weighted by atomic mass is 10.3. The van der Waals surface area contributed by atoms with E-state index in [9.17, 15) is 8.42 Å². The maximum Gasteiger partial charge on any atom is 0.240 e. The molecule has 9 heteroatoms. The number of nitrogen functional groups attached to an aromatic ring is 1. The van der Waals surface area contributed by atoms with E-state index in [0.29, 0.717) is 14.9 Å². The van der Waals surface area contributed by atoms with Gasteiger partial charge < -0.3 is 5.73 Å². The zero-order valence-corrected chi connectivity index (χ0v) is 11.8. The predicted molar refractivity (Wildman–Crippen MR) is 71.1 cm³/mol. The standard InChI is InChI=1S/C9H10N4O2S3/c1-11-18(14,15)6-2-3-7(10)8(4-6)17-9-13-12-5-16-9/h2-5,11H,10H2,1H3.